The van der Waals surface area contributed by atoms with Crippen molar-refractivity contribution in [2.24, 2.45) is 0 Å². The molecule has 0 aliphatic heterocycles. The van der Waals surface area contributed by atoms with Gasteiger partial charge in [-0.2, -0.15) is 0 Å². The minimum atomic E-state index is -0.412. The van der Waals surface area contributed by atoms with Crippen LogP contribution >= 0.6 is 11.3 Å². The van der Waals surface area contributed by atoms with Crippen LogP contribution in [-0.2, 0) is 0 Å². The molecule has 2 heterocycles. The number of hydrogen-bond acceptors (Lipinski definition) is 4. The van der Waals surface area contributed by atoms with Crippen molar-refractivity contribution in [2.75, 3.05) is 7.11 Å². The molecule has 2 aromatic rings. The van der Waals surface area contributed by atoms with Gasteiger partial charge in [-0.05, 0) is 23.6 Å². The van der Waals surface area contributed by atoms with Gasteiger partial charge in [0, 0.05) is 10.9 Å². The molecule has 0 saturated carbocycles. The van der Waals surface area contributed by atoms with Gasteiger partial charge in [0.25, 0.3) is 0 Å². The lowest BCUT2D eigenvalue weighted by atomic mass is 10.3. The van der Waals surface area contributed by atoms with Crippen LogP contribution in [0.25, 0.3) is 12.2 Å². The van der Waals surface area contributed by atoms with E-state index in [0.29, 0.717) is 11.5 Å². The Hall–Kier alpha value is -1.81. The van der Waals surface area contributed by atoms with Gasteiger partial charge in [-0.25, -0.2) is 4.79 Å². The van der Waals surface area contributed by atoms with E-state index in [1.165, 1.54) is 13.2 Å². The van der Waals surface area contributed by atoms with Gasteiger partial charge in [-0.1, -0.05) is 6.07 Å². The second-order valence-corrected chi connectivity index (χ2v) is 4.05. The van der Waals surface area contributed by atoms with Crippen LogP contribution in [-0.4, -0.2) is 7.11 Å². The van der Waals surface area contributed by atoms with Crippen LogP contribution in [0.2, 0.25) is 0 Å². The van der Waals surface area contributed by atoms with Crippen LogP contribution in [0.1, 0.15) is 10.6 Å². The van der Waals surface area contributed by atoms with Crippen LogP contribution in [0, 0.1) is 0 Å². The third kappa shape index (κ3) is 2.61. The van der Waals surface area contributed by atoms with E-state index in [1.54, 1.807) is 23.5 Å². The Morgan fingerprint density at radius 2 is 2.25 bits per heavy atom. The predicted octanol–water partition coefficient (Wildman–Crippen LogP) is 2.88. The van der Waals surface area contributed by atoms with E-state index >= 15 is 0 Å². The van der Waals surface area contributed by atoms with E-state index in [2.05, 4.69) is 0 Å². The molecule has 3 nitrogen and oxygen atoms in total. The third-order valence-corrected chi connectivity index (χ3v) is 2.79. The SMILES string of the molecule is COc1cc(C=Cc2cccs2)oc(=O)c1. The molecule has 82 valence electrons. The third-order valence-electron chi connectivity index (χ3n) is 1.95. The zero-order valence-corrected chi connectivity index (χ0v) is 9.49. The second-order valence-electron chi connectivity index (χ2n) is 3.07. The van der Waals surface area contributed by atoms with Crippen molar-refractivity contribution < 1.29 is 9.15 Å². The van der Waals surface area contributed by atoms with E-state index in [1.807, 2.05) is 23.6 Å². The zero-order valence-electron chi connectivity index (χ0n) is 8.67. The van der Waals surface area contributed by atoms with Gasteiger partial charge in [-0.15, -0.1) is 11.3 Å². The van der Waals surface area contributed by atoms with Crippen LogP contribution in [0.4, 0.5) is 0 Å². The Labute approximate surface area is 96.6 Å². The number of methoxy groups -OCH3 is 1. The van der Waals surface area contributed by atoms with Crippen LogP contribution in [0.3, 0.4) is 0 Å². The Morgan fingerprint density at radius 3 is 2.94 bits per heavy atom. The van der Waals surface area contributed by atoms with Crippen LogP contribution in [0.5, 0.6) is 5.75 Å². The number of ether oxygens (including phenoxy) is 1. The molecule has 16 heavy (non-hydrogen) atoms. The molecule has 4 heteroatoms. The molecule has 0 aliphatic carbocycles. The summed E-state index contributed by atoms with van der Waals surface area (Å²) in [6.45, 7) is 0. The van der Waals surface area contributed by atoms with E-state index in [4.69, 9.17) is 9.15 Å². The van der Waals surface area contributed by atoms with Crippen molar-refractivity contribution >= 4 is 23.5 Å². The maximum atomic E-state index is 11.2. The van der Waals surface area contributed by atoms with Crippen molar-refractivity contribution in [3.05, 3.63) is 50.7 Å². The summed E-state index contributed by atoms with van der Waals surface area (Å²) in [7, 11) is 1.52. The highest BCUT2D eigenvalue weighted by molar-refractivity contribution is 7.10. The number of rotatable bonds is 3. The fraction of sp³-hybridized carbons (Fsp3) is 0.0833. The Kier molecular flexibility index (Phi) is 3.22. The predicted molar refractivity (Wildman–Crippen MR) is 64.8 cm³/mol. The van der Waals surface area contributed by atoms with Crippen LogP contribution < -0.4 is 10.4 Å². The normalized spacial score (nSPS) is 10.8. The molecule has 0 atom stereocenters. The van der Waals surface area contributed by atoms with E-state index in [0.717, 1.165) is 4.88 Å². The Bertz CT molecular complexity index is 538. The van der Waals surface area contributed by atoms with Gasteiger partial charge in [0.15, 0.2) is 0 Å². The van der Waals surface area contributed by atoms with Crippen molar-refractivity contribution in [2.45, 2.75) is 0 Å². The van der Waals surface area contributed by atoms with Crippen molar-refractivity contribution in [1.29, 1.82) is 0 Å². The van der Waals surface area contributed by atoms with Crippen molar-refractivity contribution in [1.82, 2.24) is 0 Å². The summed E-state index contributed by atoms with van der Waals surface area (Å²) in [5.74, 6) is 0.986. The lowest BCUT2D eigenvalue weighted by Crippen LogP contribution is -1.98. The number of hydrogen-bond donors (Lipinski definition) is 0. The first kappa shape index (κ1) is 10.7. The minimum absolute atomic E-state index is 0.412. The molecule has 0 saturated heterocycles. The average Bonchev–Trinajstić information content (AvgIpc) is 2.78. The Morgan fingerprint density at radius 1 is 1.38 bits per heavy atom. The molecule has 0 bridgehead atoms. The van der Waals surface area contributed by atoms with E-state index < -0.39 is 5.63 Å². The molecule has 0 amide bonds. The van der Waals surface area contributed by atoms with Gasteiger partial charge < -0.3 is 9.15 Å². The molecule has 0 aromatic carbocycles. The molecule has 0 spiro atoms. The fourth-order valence-corrected chi connectivity index (χ4v) is 1.84. The Balaban J connectivity index is 2.27. The molecule has 2 rings (SSSR count). The van der Waals surface area contributed by atoms with Crippen LogP contribution in [0.15, 0.2) is 38.9 Å². The van der Waals surface area contributed by atoms with Gasteiger partial charge in [0.05, 0.1) is 13.2 Å². The monoisotopic (exact) mass is 234 g/mol. The average molecular weight is 234 g/mol. The van der Waals surface area contributed by atoms with E-state index in [9.17, 15) is 4.79 Å². The second kappa shape index (κ2) is 4.81. The van der Waals surface area contributed by atoms with Gasteiger partial charge >= 0.3 is 5.63 Å². The fourth-order valence-electron chi connectivity index (χ4n) is 1.22. The molecule has 0 radical (unpaired) electrons. The summed E-state index contributed by atoms with van der Waals surface area (Å²) < 4.78 is 9.98. The van der Waals surface area contributed by atoms with Crippen molar-refractivity contribution in [3.8, 4) is 5.75 Å². The maximum absolute atomic E-state index is 11.2. The summed E-state index contributed by atoms with van der Waals surface area (Å²) in [4.78, 5) is 12.3. The topological polar surface area (TPSA) is 39.4 Å². The summed E-state index contributed by atoms with van der Waals surface area (Å²) in [5, 5.41) is 1.99. The molecule has 0 aliphatic rings. The highest BCUT2D eigenvalue weighted by atomic mass is 32.1. The summed E-state index contributed by atoms with van der Waals surface area (Å²) >= 11 is 1.62. The van der Waals surface area contributed by atoms with Gasteiger partial charge in [0.2, 0.25) is 0 Å². The first-order valence-electron chi connectivity index (χ1n) is 4.69. The largest absolute Gasteiger partial charge is 0.496 e. The lowest BCUT2D eigenvalue weighted by molar-refractivity contribution is 0.400. The molecule has 2 aromatic heterocycles. The lowest BCUT2D eigenvalue weighted by Gasteiger charge is -1.98. The molecular weight excluding hydrogens is 224 g/mol. The zero-order chi connectivity index (χ0) is 11.4. The maximum Gasteiger partial charge on any atom is 0.339 e. The minimum Gasteiger partial charge on any atom is -0.496 e. The molecule has 0 unspecified atom stereocenters. The first-order valence-corrected chi connectivity index (χ1v) is 5.56. The van der Waals surface area contributed by atoms with E-state index in [-0.39, 0.29) is 0 Å². The summed E-state index contributed by atoms with van der Waals surface area (Å²) in [6.07, 6.45) is 3.64. The molecule has 0 N–H and O–H groups in total. The first-order chi connectivity index (χ1) is 7.78. The summed E-state index contributed by atoms with van der Waals surface area (Å²) in [6, 6.07) is 6.93. The smallest absolute Gasteiger partial charge is 0.339 e. The van der Waals surface area contributed by atoms with Gasteiger partial charge in [0.1, 0.15) is 11.5 Å². The number of thiophene rings is 1. The highest BCUT2D eigenvalue weighted by Crippen LogP contribution is 2.15. The molecule has 0 fully saturated rings. The quantitative estimate of drug-likeness (QED) is 0.819. The van der Waals surface area contributed by atoms with Crippen molar-refractivity contribution in [3.63, 3.8) is 0 Å². The standard InChI is InChI=1S/C12H10O3S/c1-14-10-7-9(15-12(13)8-10)4-5-11-3-2-6-16-11/h2-8H,1H3. The highest BCUT2D eigenvalue weighted by Gasteiger charge is 1.98. The summed E-state index contributed by atoms with van der Waals surface area (Å²) in [5.41, 5.74) is -0.412. The van der Waals surface area contributed by atoms with Gasteiger partial charge in [-0.3, -0.25) is 0 Å². The molecular formula is C12H10O3S.